The summed E-state index contributed by atoms with van der Waals surface area (Å²) in [5.41, 5.74) is 1.61. The maximum Gasteiger partial charge on any atom is 0.229 e. The van der Waals surface area contributed by atoms with Crippen molar-refractivity contribution in [1.82, 2.24) is 9.97 Å². The van der Waals surface area contributed by atoms with Gasteiger partial charge in [0, 0.05) is 30.5 Å². The number of nitrogens with zero attached hydrogens (tertiary/aromatic N) is 2. The lowest BCUT2D eigenvalue weighted by molar-refractivity contribution is -0.114. The Kier molecular flexibility index (Phi) is 5.30. The highest BCUT2D eigenvalue weighted by atomic mass is 16.1. The van der Waals surface area contributed by atoms with Crippen LogP contribution in [0.25, 0.3) is 0 Å². The summed E-state index contributed by atoms with van der Waals surface area (Å²) in [6.07, 6.45) is 2.74. The zero-order valence-electron chi connectivity index (χ0n) is 13.1. The number of hydrogen-bond acceptors (Lipinski definition) is 5. The Morgan fingerprint density at radius 3 is 2.50 bits per heavy atom. The van der Waals surface area contributed by atoms with E-state index in [2.05, 4.69) is 39.8 Å². The number of benzene rings is 1. The normalized spacial score (nSPS) is 11.6. The van der Waals surface area contributed by atoms with E-state index >= 15 is 0 Å². The van der Waals surface area contributed by atoms with Gasteiger partial charge in [-0.15, -0.1) is 0 Å². The van der Waals surface area contributed by atoms with Crippen molar-refractivity contribution in [3.8, 4) is 0 Å². The molecule has 1 amide bonds. The number of aromatic nitrogens is 2. The highest BCUT2D eigenvalue weighted by Gasteiger charge is 2.03. The molecule has 22 heavy (non-hydrogen) atoms. The third-order valence-electron chi connectivity index (χ3n) is 3.12. The fraction of sp³-hybridized carbons (Fsp3) is 0.312. The molecule has 116 valence electrons. The molecular weight excluding hydrogens is 278 g/mol. The lowest BCUT2D eigenvalue weighted by atomic mass is 10.2. The van der Waals surface area contributed by atoms with Crippen LogP contribution in [0.2, 0.25) is 0 Å². The van der Waals surface area contributed by atoms with Gasteiger partial charge in [0.05, 0.1) is 0 Å². The van der Waals surface area contributed by atoms with E-state index in [1.165, 1.54) is 6.92 Å². The van der Waals surface area contributed by atoms with Gasteiger partial charge in [-0.3, -0.25) is 4.79 Å². The first-order valence-electron chi connectivity index (χ1n) is 7.31. The maximum absolute atomic E-state index is 11.0. The largest absolute Gasteiger partial charge is 0.367 e. The van der Waals surface area contributed by atoms with Crippen LogP contribution in [0.5, 0.6) is 0 Å². The van der Waals surface area contributed by atoms with Crippen LogP contribution in [0.15, 0.2) is 36.5 Å². The SMILES string of the molecule is CCC(C)Nc1ccnc(Nc2ccc(NC(C)=O)cc2)n1. The molecule has 1 atom stereocenters. The molecule has 3 N–H and O–H groups in total. The summed E-state index contributed by atoms with van der Waals surface area (Å²) in [5.74, 6) is 1.23. The number of carbonyl (C=O) groups excluding carboxylic acids is 1. The van der Waals surface area contributed by atoms with Gasteiger partial charge in [-0.05, 0) is 43.7 Å². The molecule has 0 fully saturated rings. The van der Waals surface area contributed by atoms with E-state index in [0.29, 0.717) is 12.0 Å². The van der Waals surface area contributed by atoms with Gasteiger partial charge in [-0.25, -0.2) is 4.98 Å². The summed E-state index contributed by atoms with van der Waals surface area (Å²) in [7, 11) is 0. The summed E-state index contributed by atoms with van der Waals surface area (Å²) in [6.45, 7) is 5.71. The summed E-state index contributed by atoms with van der Waals surface area (Å²) in [6, 6.07) is 9.58. The highest BCUT2D eigenvalue weighted by Crippen LogP contribution is 2.17. The smallest absolute Gasteiger partial charge is 0.229 e. The Bertz CT molecular complexity index is 627. The van der Waals surface area contributed by atoms with Crippen LogP contribution < -0.4 is 16.0 Å². The second-order valence-electron chi connectivity index (χ2n) is 5.10. The lowest BCUT2D eigenvalue weighted by Crippen LogP contribution is -2.14. The third kappa shape index (κ3) is 4.73. The van der Waals surface area contributed by atoms with Gasteiger partial charge >= 0.3 is 0 Å². The van der Waals surface area contributed by atoms with Crippen LogP contribution in [-0.4, -0.2) is 21.9 Å². The average molecular weight is 299 g/mol. The van der Waals surface area contributed by atoms with Gasteiger partial charge < -0.3 is 16.0 Å². The maximum atomic E-state index is 11.0. The summed E-state index contributed by atoms with van der Waals surface area (Å²) < 4.78 is 0. The molecule has 6 nitrogen and oxygen atoms in total. The minimum absolute atomic E-state index is 0.0899. The molecule has 0 aliphatic carbocycles. The molecule has 0 saturated carbocycles. The van der Waals surface area contributed by atoms with Crippen LogP contribution >= 0.6 is 0 Å². The molecule has 6 heteroatoms. The van der Waals surface area contributed by atoms with E-state index in [-0.39, 0.29) is 5.91 Å². The molecule has 0 saturated heterocycles. The van der Waals surface area contributed by atoms with Gasteiger partial charge in [-0.1, -0.05) is 6.92 Å². The summed E-state index contributed by atoms with van der Waals surface area (Å²) in [5, 5.41) is 9.18. The molecule has 0 aliphatic rings. The van der Waals surface area contributed by atoms with E-state index in [0.717, 1.165) is 23.6 Å². The lowest BCUT2D eigenvalue weighted by Gasteiger charge is -2.13. The van der Waals surface area contributed by atoms with Crippen LogP contribution in [0.1, 0.15) is 27.2 Å². The van der Waals surface area contributed by atoms with E-state index in [1.54, 1.807) is 6.20 Å². The first kappa shape index (κ1) is 15.8. The van der Waals surface area contributed by atoms with E-state index in [9.17, 15) is 4.79 Å². The predicted octanol–water partition coefficient (Wildman–Crippen LogP) is 3.39. The van der Waals surface area contributed by atoms with Crippen molar-refractivity contribution < 1.29 is 4.79 Å². The Morgan fingerprint density at radius 2 is 1.86 bits per heavy atom. The molecule has 0 aliphatic heterocycles. The topological polar surface area (TPSA) is 78.9 Å². The van der Waals surface area contributed by atoms with Crippen molar-refractivity contribution in [2.45, 2.75) is 33.2 Å². The second-order valence-corrected chi connectivity index (χ2v) is 5.10. The predicted molar refractivity (Wildman–Crippen MR) is 89.4 cm³/mol. The van der Waals surface area contributed by atoms with Crippen molar-refractivity contribution in [1.29, 1.82) is 0 Å². The van der Waals surface area contributed by atoms with Crippen molar-refractivity contribution in [2.75, 3.05) is 16.0 Å². The molecule has 0 bridgehead atoms. The molecule has 1 unspecified atom stereocenters. The molecule has 0 spiro atoms. The molecule has 1 heterocycles. The number of amides is 1. The van der Waals surface area contributed by atoms with Crippen molar-refractivity contribution in [3.05, 3.63) is 36.5 Å². The zero-order valence-corrected chi connectivity index (χ0v) is 13.1. The van der Waals surface area contributed by atoms with Gasteiger partial charge in [0.1, 0.15) is 5.82 Å². The number of anilines is 4. The van der Waals surface area contributed by atoms with Crippen molar-refractivity contribution >= 4 is 29.0 Å². The molecular formula is C16H21N5O. The quantitative estimate of drug-likeness (QED) is 0.762. The van der Waals surface area contributed by atoms with Crippen LogP contribution in [0, 0.1) is 0 Å². The second kappa shape index (κ2) is 7.40. The molecule has 1 aromatic heterocycles. The first-order valence-corrected chi connectivity index (χ1v) is 7.31. The summed E-state index contributed by atoms with van der Waals surface area (Å²) in [4.78, 5) is 19.6. The van der Waals surface area contributed by atoms with Crippen LogP contribution in [0.4, 0.5) is 23.1 Å². The van der Waals surface area contributed by atoms with Gasteiger partial charge in [-0.2, -0.15) is 4.98 Å². The van der Waals surface area contributed by atoms with E-state index < -0.39 is 0 Å². The number of rotatable bonds is 6. The average Bonchev–Trinajstić information content (AvgIpc) is 2.49. The van der Waals surface area contributed by atoms with Gasteiger partial charge in [0.2, 0.25) is 11.9 Å². The third-order valence-corrected chi connectivity index (χ3v) is 3.12. The summed E-state index contributed by atoms with van der Waals surface area (Å²) >= 11 is 0. The fourth-order valence-electron chi connectivity index (χ4n) is 1.82. The molecule has 2 aromatic rings. The monoisotopic (exact) mass is 299 g/mol. The van der Waals surface area contributed by atoms with E-state index in [1.807, 2.05) is 30.3 Å². The standard InChI is InChI=1S/C16H21N5O/c1-4-11(2)18-15-9-10-17-16(21-15)20-14-7-5-13(6-8-14)19-12(3)22/h5-11H,4H2,1-3H3,(H,19,22)(H2,17,18,20,21). The minimum atomic E-state index is -0.0899. The molecule has 1 aromatic carbocycles. The Hall–Kier alpha value is -2.63. The Balaban J connectivity index is 2.04. The zero-order chi connectivity index (χ0) is 15.9. The van der Waals surface area contributed by atoms with Crippen LogP contribution in [0.3, 0.4) is 0 Å². The molecule has 0 radical (unpaired) electrons. The fourth-order valence-corrected chi connectivity index (χ4v) is 1.82. The highest BCUT2D eigenvalue weighted by molar-refractivity contribution is 5.88. The van der Waals surface area contributed by atoms with Crippen molar-refractivity contribution in [2.24, 2.45) is 0 Å². The van der Waals surface area contributed by atoms with Gasteiger partial charge in [0.25, 0.3) is 0 Å². The molecule has 2 rings (SSSR count). The van der Waals surface area contributed by atoms with Crippen molar-refractivity contribution in [3.63, 3.8) is 0 Å². The van der Waals surface area contributed by atoms with E-state index in [4.69, 9.17) is 0 Å². The Morgan fingerprint density at radius 1 is 1.18 bits per heavy atom. The number of hydrogen-bond donors (Lipinski definition) is 3. The number of carbonyl (C=O) groups is 1. The number of nitrogens with one attached hydrogen (secondary N) is 3. The van der Waals surface area contributed by atoms with Gasteiger partial charge in [0.15, 0.2) is 0 Å². The Labute approximate surface area is 130 Å². The van der Waals surface area contributed by atoms with Crippen LogP contribution in [-0.2, 0) is 4.79 Å². The first-order chi connectivity index (χ1) is 10.6. The minimum Gasteiger partial charge on any atom is -0.367 e.